The van der Waals surface area contributed by atoms with E-state index in [2.05, 4.69) is 20.8 Å². The lowest BCUT2D eigenvalue weighted by molar-refractivity contribution is -0.162. The highest BCUT2D eigenvalue weighted by Crippen LogP contribution is 2.28. The first kappa shape index (κ1) is 32.9. The SMILES string of the molecule is CCCCCC(CC)(CC)OC(=O)CCCCCCCCCCCCCCCCCCC(=O)O. The first-order chi connectivity index (χ1) is 16.5. The molecule has 0 saturated heterocycles. The Morgan fingerprint density at radius 2 is 0.941 bits per heavy atom. The molecule has 0 radical (unpaired) electrons. The van der Waals surface area contributed by atoms with Crippen molar-refractivity contribution in [2.24, 2.45) is 0 Å². The number of aliphatic carboxylic acids is 1. The maximum Gasteiger partial charge on any atom is 0.306 e. The Balaban J connectivity index is 3.47. The standard InChI is InChI=1S/C30H58O4/c1-4-7-24-27-30(5-2,6-3)34-29(33)26-23-21-19-17-15-13-11-9-8-10-12-14-16-18-20-22-25-28(31)32/h4-27H2,1-3H3,(H,31,32). The van der Waals surface area contributed by atoms with Gasteiger partial charge in [0, 0.05) is 12.8 Å². The molecule has 0 spiro atoms. The third-order valence-electron chi connectivity index (χ3n) is 7.38. The summed E-state index contributed by atoms with van der Waals surface area (Å²) in [5.74, 6) is -0.654. The highest BCUT2D eigenvalue weighted by atomic mass is 16.6. The zero-order valence-electron chi connectivity index (χ0n) is 23.1. The lowest BCUT2D eigenvalue weighted by atomic mass is 9.90. The van der Waals surface area contributed by atoms with Gasteiger partial charge in [-0.2, -0.15) is 0 Å². The van der Waals surface area contributed by atoms with Gasteiger partial charge in [0.25, 0.3) is 0 Å². The molecule has 0 aliphatic carbocycles. The van der Waals surface area contributed by atoms with E-state index in [4.69, 9.17) is 9.84 Å². The molecule has 0 rings (SSSR count). The van der Waals surface area contributed by atoms with E-state index < -0.39 is 5.97 Å². The van der Waals surface area contributed by atoms with Crippen molar-refractivity contribution in [3.05, 3.63) is 0 Å². The summed E-state index contributed by atoms with van der Waals surface area (Å²) in [5.41, 5.74) is -0.227. The van der Waals surface area contributed by atoms with Crippen LogP contribution in [0.1, 0.15) is 175 Å². The number of esters is 1. The van der Waals surface area contributed by atoms with Crippen LogP contribution in [0.5, 0.6) is 0 Å². The second-order valence-corrected chi connectivity index (χ2v) is 10.4. The molecule has 0 aromatic rings. The van der Waals surface area contributed by atoms with Crippen LogP contribution in [0.3, 0.4) is 0 Å². The van der Waals surface area contributed by atoms with Crippen LogP contribution in [0.15, 0.2) is 0 Å². The smallest absolute Gasteiger partial charge is 0.306 e. The molecule has 4 heteroatoms. The minimum absolute atomic E-state index is 0.0124. The summed E-state index contributed by atoms with van der Waals surface area (Å²) in [6, 6.07) is 0. The number of carbonyl (C=O) groups excluding carboxylic acids is 1. The molecule has 0 aliphatic heterocycles. The summed E-state index contributed by atoms with van der Waals surface area (Å²) in [7, 11) is 0. The predicted octanol–water partition coefficient (Wildman–Crippen LogP) is 9.78. The first-order valence-electron chi connectivity index (χ1n) is 14.9. The third kappa shape index (κ3) is 20.3. The Morgan fingerprint density at radius 3 is 1.29 bits per heavy atom. The van der Waals surface area contributed by atoms with Crippen molar-refractivity contribution in [1.82, 2.24) is 0 Å². The van der Waals surface area contributed by atoms with Crippen molar-refractivity contribution in [1.29, 1.82) is 0 Å². The van der Waals surface area contributed by atoms with Crippen LogP contribution in [-0.4, -0.2) is 22.6 Å². The molecule has 0 atom stereocenters. The Bertz CT molecular complexity index is 470. The summed E-state index contributed by atoms with van der Waals surface area (Å²) in [6.07, 6.45) is 27.1. The highest BCUT2D eigenvalue weighted by Gasteiger charge is 2.29. The van der Waals surface area contributed by atoms with Gasteiger partial charge >= 0.3 is 11.9 Å². The molecule has 0 amide bonds. The summed E-state index contributed by atoms with van der Waals surface area (Å²) in [4.78, 5) is 22.8. The van der Waals surface area contributed by atoms with E-state index in [-0.39, 0.29) is 11.6 Å². The van der Waals surface area contributed by atoms with Crippen LogP contribution in [0.25, 0.3) is 0 Å². The molecule has 4 nitrogen and oxygen atoms in total. The van der Waals surface area contributed by atoms with Gasteiger partial charge in [0.15, 0.2) is 0 Å². The van der Waals surface area contributed by atoms with Gasteiger partial charge in [0.2, 0.25) is 0 Å². The van der Waals surface area contributed by atoms with Gasteiger partial charge in [-0.05, 0) is 38.5 Å². The molecule has 0 heterocycles. The van der Waals surface area contributed by atoms with Crippen molar-refractivity contribution in [3.8, 4) is 0 Å². The first-order valence-corrected chi connectivity index (χ1v) is 14.9. The normalized spacial score (nSPS) is 11.6. The van der Waals surface area contributed by atoms with Gasteiger partial charge in [0.05, 0.1) is 0 Å². The van der Waals surface area contributed by atoms with Gasteiger partial charge in [-0.25, -0.2) is 0 Å². The van der Waals surface area contributed by atoms with Crippen molar-refractivity contribution >= 4 is 11.9 Å². The Morgan fingerprint density at radius 1 is 0.559 bits per heavy atom. The number of carbonyl (C=O) groups is 2. The van der Waals surface area contributed by atoms with Gasteiger partial charge in [-0.3, -0.25) is 9.59 Å². The second kappa shape index (κ2) is 23.7. The molecule has 0 unspecified atom stereocenters. The maximum atomic E-state index is 12.4. The van der Waals surface area contributed by atoms with E-state index in [0.29, 0.717) is 12.8 Å². The third-order valence-corrected chi connectivity index (χ3v) is 7.38. The van der Waals surface area contributed by atoms with E-state index in [0.717, 1.165) is 51.4 Å². The van der Waals surface area contributed by atoms with Crippen LogP contribution in [0.2, 0.25) is 0 Å². The molecule has 0 aromatic carbocycles. The minimum Gasteiger partial charge on any atom is -0.481 e. The van der Waals surface area contributed by atoms with Crippen LogP contribution in [0.4, 0.5) is 0 Å². The van der Waals surface area contributed by atoms with E-state index >= 15 is 0 Å². The van der Waals surface area contributed by atoms with Crippen molar-refractivity contribution in [2.75, 3.05) is 0 Å². The highest BCUT2D eigenvalue weighted by molar-refractivity contribution is 5.69. The molecule has 0 bridgehead atoms. The Labute approximate surface area is 212 Å². The lowest BCUT2D eigenvalue weighted by Gasteiger charge is -2.31. The molecule has 0 saturated carbocycles. The van der Waals surface area contributed by atoms with Crippen LogP contribution >= 0.6 is 0 Å². The molecule has 0 fully saturated rings. The van der Waals surface area contributed by atoms with Crippen LogP contribution in [-0.2, 0) is 14.3 Å². The molecular weight excluding hydrogens is 424 g/mol. The monoisotopic (exact) mass is 482 g/mol. The van der Waals surface area contributed by atoms with Gasteiger partial charge < -0.3 is 9.84 Å². The summed E-state index contributed by atoms with van der Waals surface area (Å²) in [5, 5.41) is 8.61. The topological polar surface area (TPSA) is 63.6 Å². The second-order valence-electron chi connectivity index (χ2n) is 10.4. The fourth-order valence-corrected chi connectivity index (χ4v) is 4.81. The minimum atomic E-state index is -0.666. The Hall–Kier alpha value is -1.06. The van der Waals surface area contributed by atoms with Gasteiger partial charge in [-0.1, -0.05) is 124 Å². The molecular formula is C30H58O4. The summed E-state index contributed by atoms with van der Waals surface area (Å²) in [6.45, 7) is 6.52. The van der Waals surface area contributed by atoms with E-state index in [1.165, 1.54) is 89.9 Å². The number of rotatable bonds is 26. The predicted molar refractivity (Wildman–Crippen MR) is 144 cm³/mol. The largest absolute Gasteiger partial charge is 0.481 e. The quantitative estimate of drug-likeness (QED) is 0.0984. The number of hydrogen-bond donors (Lipinski definition) is 1. The fourth-order valence-electron chi connectivity index (χ4n) is 4.81. The van der Waals surface area contributed by atoms with Crippen LogP contribution in [0, 0.1) is 0 Å². The number of unbranched alkanes of at least 4 members (excludes halogenated alkanes) is 17. The lowest BCUT2D eigenvalue weighted by Crippen LogP contribution is -2.33. The number of carboxylic acid groups (broad SMARTS) is 1. The zero-order valence-corrected chi connectivity index (χ0v) is 23.1. The van der Waals surface area contributed by atoms with E-state index in [1.54, 1.807) is 0 Å². The van der Waals surface area contributed by atoms with Crippen molar-refractivity contribution in [2.45, 2.75) is 180 Å². The molecule has 1 N–H and O–H groups in total. The number of carboxylic acids is 1. The number of hydrogen-bond acceptors (Lipinski definition) is 3. The average molecular weight is 483 g/mol. The molecule has 202 valence electrons. The molecule has 0 aromatic heterocycles. The van der Waals surface area contributed by atoms with Gasteiger partial charge in [-0.15, -0.1) is 0 Å². The summed E-state index contributed by atoms with van der Waals surface area (Å²) >= 11 is 0. The zero-order chi connectivity index (χ0) is 25.3. The molecule has 34 heavy (non-hydrogen) atoms. The van der Waals surface area contributed by atoms with Crippen molar-refractivity contribution in [3.63, 3.8) is 0 Å². The average Bonchev–Trinajstić information content (AvgIpc) is 2.82. The Kier molecular flexibility index (Phi) is 22.9. The fraction of sp³-hybridized carbons (Fsp3) is 0.933. The summed E-state index contributed by atoms with van der Waals surface area (Å²) < 4.78 is 5.96. The van der Waals surface area contributed by atoms with Crippen LogP contribution < -0.4 is 0 Å². The van der Waals surface area contributed by atoms with E-state index in [1.807, 2.05) is 0 Å². The molecule has 0 aliphatic rings. The maximum absolute atomic E-state index is 12.4. The van der Waals surface area contributed by atoms with Gasteiger partial charge in [0.1, 0.15) is 5.60 Å². The van der Waals surface area contributed by atoms with Crippen molar-refractivity contribution < 1.29 is 19.4 Å². The number of ether oxygens (including phenoxy) is 1. The van der Waals surface area contributed by atoms with E-state index in [9.17, 15) is 9.59 Å².